The fourth-order valence-electron chi connectivity index (χ4n) is 5.51. The van der Waals surface area contributed by atoms with Gasteiger partial charge in [0.15, 0.2) is 0 Å². The molecule has 1 saturated heterocycles. The summed E-state index contributed by atoms with van der Waals surface area (Å²) in [7, 11) is 1.58. The number of benzene rings is 2. The fraction of sp³-hybridized carbons (Fsp3) is 0.467. The molecule has 2 aromatic carbocycles. The number of phenols is 1. The topological polar surface area (TPSA) is 148 Å². The molecule has 10 nitrogen and oxygen atoms in total. The molecule has 6 atom stereocenters. The third-order valence-electron chi connectivity index (χ3n) is 8.16. The molecular formula is C30H38N4O6. The Bertz CT molecular complexity index is 1230. The lowest BCUT2D eigenvalue weighted by Gasteiger charge is -2.41. The molecule has 4 amide bonds. The number of nitrogens with one attached hydrogen (secondary N) is 3. The first-order valence-electron chi connectivity index (χ1n) is 13.8. The predicted molar refractivity (Wildman–Crippen MR) is 148 cm³/mol. The maximum atomic E-state index is 13.7. The van der Waals surface area contributed by atoms with Crippen molar-refractivity contribution in [3.8, 4) is 5.75 Å². The molecule has 40 heavy (non-hydrogen) atoms. The minimum Gasteiger partial charge on any atom is -0.507 e. The quantitative estimate of drug-likeness (QED) is 0.380. The highest BCUT2D eigenvalue weighted by Crippen LogP contribution is 2.33. The van der Waals surface area contributed by atoms with Gasteiger partial charge in [-0.25, -0.2) is 0 Å². The lowest BCUT2D eigenvalue weighted by molar-refractivity contribution is -0.149. The first-order valence-corrected chi connectivity index (χ1v) is 13.8. The monoisotopic (exact) mass is 550 g/mol. The molecule has 0 aromatic heterocycles. The molecule has 214 valence electrons. The van der Waals surface area contributed by atoms with Crippen LogP contribution in [-0.4, -0.2) is 76.1 Å². The highest BCUT2D eigenvalue weighted by atomic mass is 16.3. The van der Waals surface area contributed by atoms with E-state index in [0.717, 1.165) is 24.8 Å². The molecule has 10 heteroatoms. The van der Waals surface area contributed by atoms with Gasteiger partial charge in [0, 0.05) is 7.05 Å². The second kappa shape index (κ2) is 12.5. The third-order valence-corrected chi connectivity index (χ3v) is 8.16. The highest BCUT2D eigenvalue weighted by molar-refractivity contribution is 6.00. The van der Waals surface area contributed by atoms with Crippen molar-refractivity contribution in [2.75, 3.05) is 7.05 Å². The molecule has 2 aliphatic rings. The highest BCUT2D eigenvalue weighted by Gasteiger charge is 2.43. The molecule has 1 aliphatic carbocycles. The van der Waals surface area contributed by atoms with Gasteiger partial charge in [0.1, 0.15) is 17.8 Å². The van der Waals surface area contributed by atoms with Gasteiger partial charge >= 0.3 is 0 Å². The number of amides is 4. The Labute approximate surface area is 234 Å². The summed E-state index contributed by atoms with van der Waals surface area (Å²) in [6, 6.07) is 11.5. The van der Waals surface area contributed by atoms with Gasteiger partial charge in [-0.05, 0) is 49.8 Å². The number of aliphatic hydroxyl groups excluding tert-OH is 1. The van der Waals surface area contributed by atoms with Crippen LogP contribution in [0.2, 0.25) is 0 Å². The number of carbonyl (C=O) groups excluding carboxylic acids is 4. The number of hydrogen-bond acceptors (Lipinski definition) is 6. The standard InChI is InChI=1S/C30H38N4O6/c1-17-26(36)22(16-19-10-5-4-6-11-19)32-28(38)24(33-27(37)21-14-7-8-15-23(21)35)18(2)31-29(39)25(20-12-9-13-20)34(3)30(17)40/h4-8,10-11,14-15,17-18,20,22,24-26,35-36H,9,12-13,16H2,1-3H3,(H,31,39)(H,32,38)(H,33,37)/t17-,18-,22+,24+,25?,26+/m1/s1. The first kappa shape index (κ1) is 29.1. The largest absolute Gasteiger partial charge is 0.507 e. The maximum absolute atomic E-state index is 13.7. The van der Waals surface area contributed by atoms with Crippen LogP contribution in [-0.2, 0) is 20.8 Å². The Hall–Kier alpha value is -3.92. The fourth-order valence-corrected chi connectivity index (χ4v) is 5.51. The molecule has 1 heterocycles. The van der Waals surface area contributed by atoms with E-state index in [1.165, 1.54) is 17.0 Å². The summed E-state index contributed by atoms with van der Waals surface area (Å²) in [6.07, 6.45) is 1.48. The van der Waals surface area contributed by atoms with Crippen molar-refractivity contribution in [3.05, 3.63) is 65.7 Å². The predicted octanol–water partition coefficient (Wildman–Crippen LogP) is 1.36. The van der Waals surface area contributed by atoms with Crippen molar-refractivity contribution < 1.29 is 29.4 Å². The average Bonchev–Trinajstić information content (AvgIpc) is 2.91. The number of rotatable bonds is 5. The molecule has 5 N–H and O–H groups in total. The van der Waals surface area contributed by atoms with E-state index in [9.17, 15) is 29.4 Å². The minimum absolute atomic E-state index is 0.0212. The van der Waals surface area contributed by atoms with Gasteiger partial charge in [0.25, 0.3) is 5.91 Å². The summed E-state index contributed by atoms with van der Waals surface area (Å²) in [6.45, 7) is 3.19. The number of aliphatic hydroxyl groups is 1. The first-order chi connectivity index (χ1) is 19.1. The number of aromatic hydroxyl groups is 1. The summed E-state index contributed by atoms with van der Waals surface area (Å²) in [4.78, 5) is 55.3. The van der Waals surface area contributed by atoms with Gasteiger partial charge in [-0.2, -0.15) is 0 Å². The summed E-state index contributed by atoms with van der Waals surface area (Å²) in [5.74, 6) is -3.35. The van der Waals surface area contributed by atoms with Gasteiger partial charge in [0.05, 0.1) is 29.7 Å². The molecule has 4 rings (SSSR count). The van der Waals surface area contributed by atoms with E-state index in [1.54, 1.807) is 33.0 Å². The SMILES string of the molecule is C[C@H]1NC(=O)C(C2CCC2)N(C)C(=O)[C@H](C)[C@H](O)[C@H](Cc2ccccc2)NC(=O)[C@H]1NC(=O)c1ccccc1O. The maximum Gasteiger partial charge on any atom is 0.255 e. The van der Waals surface area contributed by atoms with Crippen LogP contribution in [0.1, 0.15) is 49.0 Å². The number of likely N-dealkylation sites (N-methyl/N-ethyl adjacent to an activating group) is 1. The second-order valence-electron chi connectivity index (χ2n) is 10.9. The van der Waals surface area contributed by atoms with E-state index in [1.807, 2.05) is 30.3 Å². The molecule has 0 radical (unpaired) electrons. The number of hydrogen-bond donors (Lipinski definition) is 5. The number of phenolic OH excluding ortho intramolecular Hbond substituents is 1. The number of carbonyl (C=O) groups is 4. The molecule has 1 aliphatic heterocycles. The van der Waals surface area contributed by atoms with Crippen LogP contribution in [0.5, 0.6) is 5.75 Å². The Kier molecular flexibility index (Phi) is 9.09. The second-order valence-corrected chi connectivity index (χ2v) is 10.9. The lowest BCUT2D eigenvalue weighted by atomic mass is 9.78. The molecule has 2 aromatic rings. The van der Waals surface area contributed by atoms with Gasteiger partial charge in [-0.3, -0.25) is 19.2 Å². The summed E-state index contributed by atoms with van der Waals surface area (Å²) in [5, 5.41) is 30.0. The van der Waals surface area contributed by atoms with Crippen LogP contribution >= 0.6 is 0 Å². The van der Waals surface area contributed by atoms with Crippen LogP contribution in [0.4, 0.5) is 0 Å². The molecule has 0 spiro atoms. The van der Waals surface area contributed by atoms with Crippen LogP contribution in [0.15, 0.2) is 54.6 Å². The van der Waals surface area contributed by atoms with Crippen LogP contribution < -0.4 is 16.0 Å². The van der Waals surface area contributed by atoms with Gasteiger partial charge in [-0.1, -0.05) is 55.8 Å². The van der Waals surface area contributed by atoms with Crippen LogP contribution in [0.3, 0.4) is 0 Å². The molecule has 2 fully saturated rings. The summed E-state index contributed by atoms with van der Waals surface area (Å²) in [5.41, 5.74) is 0.822. The van der Waals surface area contributed by atoms with Crippen molar-refractivity contribution in [3.63, 3.8) is 0 Å². The molecule has 1 unspecified atom stereocenters. The average molecular weight is 551 g/mol. The van der Waals surface area contributed by atoms with Crippen molar-refractivity contribution in [1.29, 1.82) is 0 Å². The van der Waals surface area contributed by atoms with E-state index in [4.69, 9.17) is 0 Å². The number of nitrogens with zero attached hydrogens (tertiary/aromatic N) is 1. The van der Waals surface area contributed by atoms with E-state index in [2.05, 4.69) is 16.0 Å². The smallest absolute Gasteiger partial charge is 0.255 e. The van der Waals surface area contributed by atoms with E-state index >= 15 is 0 Å². The van der Waals surface area contributed by atoms with Gasteiger partial charge in [0.2, 0.25) is 17.7 Å². The number of para-hydroxylation sites is 1. The zero-order chi connectivity index (χ0) is 29.0. The van der Waals surface area contributed by atoms with Crippen molar-refractivity contribution in [1.82, 2.24) is 20.9 Å². The van der Waals surface area contributed by atoms with E-state index in [-0.39, 0.29) is 29.6 Å². The normalized spacial score (nSPS) is 28.4. The molecular weight excluding hydrogens is 512 g/mol. The van der Waals surface area contributed by atoms with Crippen molar-refractivity contribution >= 4 is 23.6 Å². The Balaban J connectivity index is 1.70. The molecule has 1 saturated carbocycles. The Morgan fingerprint density at radius 2 is 1.62 bits per heavy atom. The summed E-state index contributed by atoms with van der Waals surface area (Å²) >= 11 is 0. The zero-order valence-corrected chi connectivity index (χ0v) is 23.0. The van der Waals surface area contributed by atoms with Crippen molar-refractivity contribution in [2.45, 2.75) is 69.8 Å². The minimum atomic E-state index is -1.27. The zero-order valence-electron chi connectivity index (χ0n) is 23.0. The van der Waals surface area contributed by atoms with Crippen LogP contribution in [0, 0.1) is 11.8 Å². The van der Waals surface area contributed by atoms with Gasteiger partial charge < -0.3 is 31.1 Å². The van der Waals surface area contributed by atoms with E-state index in [0.29, 0.717) is 0 Å². The third kappa shape index (κ3) is 6.28. The van der Waals surface area contributed by atoms with Crippen molar-refractivity contribution in [2.24, 2.45) is 11.8 Å². The van der Waals surface area contributed by atoms with Gasteiger partial charge in [-0.15, -0.1) is 0 Å². The molecule has 0 bridgehead atoms. The Morgan fingerprint density at radius 3 is 2.25 bits per heavy atom. The van der Waals surface area contributed by atoms with Crippen LogP contribution in [0.25, 0.3) is 0 Å². The van der Waals surface area contributed by atoms with E-state index < -0.39 is 53.9 Å². The summed E-state index contributed by atoms with van der Waals surface area (Å²) < 4.78 is 0. The lowest BCUT2D eigenvalue weighted by Crippen LogP contribution is -2.65. The Morgan fingerprint density at radius 1 is 0.975 bits per heavy atom.